The van der Waals surface area contributed by atoms with E-state index in [1.165, 1.54) is 0 Å². The van der Waals surface area contributed by atoms with Crippen LogP contribution in [-0.4, -0.2) is 18.2 Å². The fraction of sp³-hybridized carbons (Fsp3) is 0.133. The highest BCUT2D eigenvalue weighted by Gasteiger charge is 1.99. The predicted molar refractivity (Wildman–Crippen MR) is 76.6 cm³/mol. The van der Waals surface area contributed by atoms with Gasteiger partial charge in [-0.05, 0) is 23.3 Å². The average molecular weight is 305 g/mol. The molecule has 0 saturated carbocycles. The zero-order chi connectivity index (χ0) is 12.8. The number of halogens is 1. The molecule has 0 aliphatic heterocycles. The maximum atomic E-state index is 10.6. The van der Waals surface area contributed by atoms with Crippen LogP contribution in [0.2, 0.25) is 0 Å². The Bertz CT molecular complexity index is 503. The number of rotatable bonds is 5. The molecule has 2 nitrogen and oxygen atoms in total. The molecule has 0 radical (unpaired) electrons. The highest BCUT2D eigenvalue weighted by Crippen LogP contribution is 2.22. The third kappa shape index (κ3) is 3.20. The molecule has 0 N–H and O–H groups in total. The molecular formula is C15H13BrO2. The minimum Gasteiger partial charge on any atom is -0.493 e. The van der Waals surface area contributed by atoms with Crippen LogP contribution in [0.3, 0.4) is 0 Å². The molecule has 0 heterocycles. The van der Waals surface area contributed by atoms with Crippen molar-refractivity contribution in [2.75, 3.05) is 11.9 Å². The molecule has 92 valence electrons. The first-order valence-corrected chi connectivity index (χ1v) is 6.80. The van der Waals surface area contributed by atoms with Crippen molar-refractivity contribution < 1.29 is 9.53 Å². The molecule has 2 aromatic rings. The van der Waals surface area contributed by atoms with Crippen molar-refractivity contribution in [1.82, 2.24) is 0 Å². The van der Waals surface area contributed by atoms with Crippen LogP contribution in [0.5, 0.6) is 5.75 Å². The molecule has 0 saturated heterocycles. The molecule has 0 spiro atoms. The molecule has 0 bridgehead atoms. The SMILES string of the molecule is O=Cc1ccc(-c2ccc(OCCBr)cc2)cc1. The van der Waals surface area contributed by atoms with E-state index >= 15 is 0 Å². The van der Waals surface area contributed by atoms with Crippen molar-refractivity contribution >= 4 is 22.2 Å². The van der Waals surface area contributed by atoms with E-state index in [4.69, 9.17) is 4.74 Å². The fourth-order valence-electron chi connectivity index (χ4n) is 1.65. The number of benzene rings is 2. The fourth-order valence-corrected chi connectivity index (χ4v) is 1.82. The maximum absolute atomic E-state index is 10.6. The van der Waals surface area contributed by atoms with E-state index in [9.17, 15) is 4.79 Å². The van der Waals surface area contributed by atoms with Crippen LogP contribution in [0.15, 0.2) is 48.5 Å². The van der Waals surface area contributed by atoms with Gasteiger partial charge < -0.3 is 4.74 Å². The van der Waals surface area contributed by atoms with E-state index in [1.807, 2.05) is 48.5 Å². The van der Waals surface area contributed by atoms with Crippen molar-refractivity contribution in [1.29, 1.82) is 0 Å². The highest BCUT2D eigenvalue weighted by atomic mass is 79.9. The molecule has 0 amide bonds. The summed E-state index contributed by atoms with van der Waals surface area (Å²) in [7, 11) is 0. The smallest absolute Gasteiger partial charge is 0.150 e. The van der Waals surface area contributed by atoms with Crippen LogP contribution in [0.1, 0.15) is 10.4 Å². The van der Waals surface area contributed by atoms with Crippen molar-refractivity contribution in [3.8, 4) is 16.9 Å². The Morgan fingerprint density at radius 2 is 1.50 bits per heavy atom. The van der Waals surface area contributed by atoms with Crippen LogP contribution in [0.25, 0.3) is 11.1 Å². The number of hydrogen-bond donors (Lipinski definition) is 0. The predicted octanol–water partition coefficient (Wildman–Crippen LogP) is 3.94. The van der Waals surface area contributed by atoms with Gasteiger partial charge in [-0.25, -0.2) is 0 Å². The van der Waals surface area contributed by atoms with E-state index in [2.05, 4.69) is 15.9 Å². The lowest BCUT2D eigenvalue weighted by atomic mass is 10.0. The van der Waals surface area contributed by atoms with Gasteiger partial charge in [-0.15, -0.1) is 0 Å². The number of ether oxygens (including phenoxy) is 1. The molecule has 18 heavy (non-hydrogen) atoms. The normalized spacial score (nSPS) is 10.1. The summed E-state index contributed by atoms with van der Waals surface area (Å²) in [6, 6.07) is 15.4. The van der Waals surface area contributed by atoms with E-state index in [1.54, 1.807) is 0 Å². The third-order valence-corrected chi connectivity index (χ3v) is 2.90. The first-order valence-electron chi connectivity index (χ1n) is 5.68. The quantitative estimate of drug-likeness (QED) is 0.618. The van der Waals surface area contributed by atoms with Gasteiger partial charge in [-0.2, -0.15) is 0 Å². The number of hydrogen-bond acceptors (Lipinski definition) is 2. The van der Waals surface area contributed by atoms with Crippen molar-refractivity contribution in [2.45, 2.75) is 0 Å². The molecule has 0 aliphatic rings. The summed E-state index contributed by atoms with van der Waals surface area (Å²) in [6.07, 6.45) is 0.848. The first-order chi connectivity index (χ1) is 8.83. The van der Waals surface area contributed by atoms with Crippen molar-refractivity contribution in [3.63, 3.8) is 0 Å². The number of carbonyl (C=O) groups is 1. The molecule has 0 aromatic heterocycles. The summed E-state index contributed by atoms with van der Waals surface area (Å²) < 4.78 is 5.49. The summed E-state index contributed by atoms with van der Waals surface area (Å²) >= 11 is 3.32. The lowest BCUT2D eigenvalue weighted by molar-refractivity contribution is 0.112. The Labute approximate surface area is 115 Å². The number of alkyl halides is 1. The Hall–Kier alpha value is -1.61. The van der Waals surface area contributed by atoms with Crippen LogP contribution in [0, 0.1) is 0 Å². The third-order valence-electron chi connectivity index (χ3n) is 2.58. The Morgan fingerprint density at radius 3 is 2.00 bits per heavy atom. The largest absolute Gasteiger partial charge is 0.493 e. The monoisotopic (exact) mass is 304 g/mol. The van der Waals surface area contributed by atoms with Gasteiger partial charge in [0, 0.05) is 10.9 Å². The van der Waals surface area contributed by atoms with E-state index < -0.39 is 0 Å². The second-order valence-electron chi connectivity index (χ2n) is 3.80. The second kappa shape index (κ2) is 6.36. The zero-order valence-corrected chi connectivity index (χ0v) is 11.4. The van der Waals surface area contributed by atoms with Crippen molar-refractivity contribution in [3.05, 3.63) is 54.1 Å². The number of aldehydes is 1. The summed E-state index contributed by atoms with van der Waals surface area (Å²) in [4.78, 5) is 10.6. The molecule has 2 aromatic carbocycles. The average Bonchev–Trinajstić information content (AvgIpc) is 2.46. The van der Waals surface area contributed by atoms with Gasteiger partial charge in [0.25, 0.3) is 0 Å². The Kier molecular flexibility index (Phi) is 4.53. The van der Waals surface area contributed by atoms with Gasteiger partial charge >= 0.3 is 0 Å². The maximum Gasteiger partial charge on any atom is 0.150 e. The van der Waals surface area contributed by atoms with E-state index in [0.717, 1.165) is 28.5 Å². The number of carbonyl (C=O) groups excluding carboxylic acids is 1. The standard InChI is InChI=1S/C15H13BrO2/c16-9-10-18-15-7-5-14(6-8-15)13-3-1-12(11-17)2-4-13/h1-8,11H,9-10H2. The van der Waals surface area contributed by atoms with Gasteiger partial charge in [0.05, 0.1) is 6.61 Å². The minimum atomic E-state index is 0.660. The molecule has 3 heteroatoms. The zero-order valence-electron chi connectivity index (χ0n) is 9.80. The summed E-state index contributed by atoms with van der Waals surface area (Å²) in [5.41, 5.74) is 2.89. The summed E-state index contributed by atoms with van der Waals surface area (Å²) in [6.45, 7) is 0.660. The summed E-state index contributed by atoms with van der Waals surface area (Å²) in [5.74, 6) is 0.864. The van der Waals surface area contributed by atoms with Gasteiger partial charge in [0.1, 0.15) is 12.0 Å². The lowest BCUT2D eigenvalue weighted by Gasteiger charge is -2.06. The summed E-state index contributed by atoms with van der Waals surface area (Å²) in [5, 5.41) is 0.821. The van der Waals surface area contributed by atoms with Crippen LogP contribution >= 0.6 is 15.9 Å². The topological polar surface area (TPSA) is 26.3 Å². The van der Waals surface area contributed by atoms with Gasteiger partial charge in [-0.3, -0.25) is 4.79 Å². The van der Waals surface area contributed by atoms with Gasteiger partial charge in [-0.1, -0.05) is 52.3 Å². The van der Waals surface area contributed by atoms with Crippen LogP contribution < -0.4 is 4.74 Å². The molecule has 0 fully saturated rings. The Morgan fingerprint density at radius 1 is 0.944 bits per heavy atom. The minimum absolute atomic E-state index is 0.660. The molecular weight excluding hydrogens is 292 g/mol. The van der Waals surface area contributed by atoms with Crippen LogP contribution in [0.4, 0.5) is 0 Å². The van der Waals surface area contributed by atoms with E-state index in [-0.39, 0.29) is 0 Å². The van der Waals surface area contributed by atoms with E-state index in [0.29, 0.717) is 12.2 Å². The molecule has 0 aliphatic carbocycles. The lowest BCUT2D eigenvalue weighted by Crippen LogP contribution is -1.97. The van der Waals surface area contributed by atoms with Crippen molar-refractivity contribution in [2.24, 2.45) is 0 Å². The second-order valence-corrected chi connectivity index (χ2v) is 4.59. The van der Waals surface area contributed by atoms with Gasteiger partial charge in [0.2, 0.25) is 0 Å². The Balaban J connectivity index is 2.14. The first kappa shape index (κ1) is 12.8. The van der Waals surface area contributed by atoms with Crippen LogP contribution in [-0.2, 0) is 0 Å². The molecule has 0 atom stereocenters. The highest BCUT2D eigenvalue weighted by molar-refractivity contribution is 9.09. The molecule has 0 unspecified atom stereocenters. The molecule has 2 rings (SSSR count). The van der Waals surface area contributed by atoms with Gasteiger partial charge in [0.15, 0.2) is 0 Å².